The van der Waals surface area contributed by atoms with Crippen molar-refractivity contribution in [2.75, 3.05) is 26.8 Å². The zero-order chi connectivity index (χ0) is 23.5. The molecule has 0 aromatic heterocycles. The van der Waals surface area contributed by atoms with Gasteiger partial charge in [-0.1, -0.05) is 35.3 Å². The molecule has 3 rings (SSSR count). The summed E-state index contributed by atoms with van der Waals surface area (Å²) in [6, 6.07) is 12.9. The summed E-state index contributed by atoms with van der Waals surface area (Å²) < 4.78 is 17.6. The summed E-state index contributed by atoms with van der Waals surface area (Å²) in [5.74, 6) is -1.32. The van der Waals surface area contributed by atoms with Crippen LogP contribution in [-0.4, -0.2) is 55.1 Å². The molecule has 0 amide bonds. The highest BCUT2D eigenvalue weighted by atomic mass is 35.5. The number of aliphatic carboxylic acids is 2. The van der Waals surface area contributed by atoms with E-state index < -0.39 is 11.9 Å². The summed E-state index contributed by atoms with van der Waals surface area (Å²) >= 11 is 12.2. The van der Waals surface area contributed by atoms with Crippen LogP contribution < -0.4 is 14.8 Å². The first-order valence-corrected chi connectivity index (χ1v) is 10.3. The molecule has 0 saturated carbocycles. The van der Waals surface area contributed by atoms with Gasteiger partial charge in [-0.25, -0.2) is 9.59 Å². The fourth-order valence-corrected chi connectivity index (χ4v) is 3.20. The molecule has 0 bridgehead atoms. The van der Waals surface area contributed by atoms with Gasteiger partial charge < -0.3 is 29.7 Å². The highest BCUT2D eigenvalue weighted by Crippen LogP contribution is 2.35. The monoisotopic (exact) mass is 483 g/mol. The van der Waals surface area contributed by atoms with Crippen molar-refractivity contribution in [1.82, 2.24) is 5.32 Å². The van der Waals surface area contributed by atoms with Crippen LogP contribution in [0, 0.1) is 0 Å². The summed E-state index contributed by atoms with van der Waals surface area (Å²) in [5.41, 5.74) is 0.952. The summed E-state index contributed by atoms with van der Waals surface area (Å²) in [7, 11) is 1.59. The highest BCUT2D eigenvalue weighted by Gasteiger charge is 2.29. The average Bonchev–Trinajstić information content (AvgIpc) is 2.77. The second kappa shape index (κ2) is 12.9. The number of carboxylic acid groups (broad SMARTS) is 2. The summed E-state index contributed by atoms with van der Waals surface area (Å²) in [6.07, 6.45) is 0.675. The molecule has 0 unspecified atom stereocenters. The molecule has 1 aliphatic heterocycles. The fraction of sp³-hybridized carbons (Fsp3) is 0.273. The van der Waals surface area contributed by atoms with Gasteiger partial charge in [0.25, 0.3) is 0 Å². The van der Waals surface area contributed by atoms with Crippen molar-refractivity contribution in [1.29, 1.82) is 0 Å². The lowest BCUT2D eigenvalue weighted by molar-refractivity contribution is -0.134. The molecule has 1 heterocycles. The van der Waals surface area contributed by atoms with Gasteiger partial charge in [0.2, 0.25) is 0 Å². The molecule has 0 radical (unpaired) electrons. The Morgan fingerprint density at radius 2 is 1.78 bits per heavy atom. The van der Waals surface area contributed by atoms with Gasteiger partial charge in [-0.2, -0.15) is 0 Å². The minimum absolute atomic E-state index is 0.127. The second-order valence-corrected chi connectivity index (χ2v) is 7.38. The first-order chi connectivity index (χ1) is 15.3. The molecule has 3 N–H and O–H groups in total. The molecular weight excluding hydrogens is 461 g/mol. The number of halogens is 2. The van der Waals surface area contributed by atoms with Crippen LogP contribution in [0.1, 0.15) is 11.7 Å². The van der Waals surface area contributed by atoms with Gasteiger partial charge >= 0.3 is 11.9 Å². The molecule has 10 heteroatoms. The maximum Gasteiger partial charge on any atom is 0.328 e. The van der Waals surface area contributed by atoms with Gasteiger partial charge in [-0.15, -0.1) is 0 Å². The number of rotatable bonds is 7. The number of morpholine rings is 1. The van der Waals surface area contributed by atoms with E-state index in [0.29, 0.717) is 46.8 Å². The van der Waals surface area contributed by atoms with Crippen molar-refractivity contribution in [3.05, 3.63) is 70.2 Å². The highest BCUT2D eigenvalue weighted by molar-refractivity contribution is 6.31. The van der Waals surface area contributed by atoms with E-state index in [2.05, 4.69) is 5.32 Å². The SMILES string of the molecule is COc1cc(Cl)ccc1O[C@@H](c1cccc(Cl)c1)[C@@H]1CNCCO1.O=C(O)C=CC(=O)O. The minimum atomic E-state index is -1.26. The van der Waals surface area contributed by atoms with Crippen LogP contribution in [0.4, 0.5) is 0 Å². The molecule has 172 valence electrons. The summed E-state index contributed by atoms with van der Waals surface area (Å²) in [5, 5.41) is 20.2. The number of ether oxygens (including phenoxy) is 3. The van der Waals surface area contributed by atoms with Crippen LogP contribution in [-0.2, 0) is 14.3 Å². The lowest BCUT2D eigenvalue weighted by atomic mass is 10.0. The van der Waals surface area contributed by atoms with Crippen molar-refractivity contribution >= 4 is 35.1 Å². The van der Waals surface area contributed by atoms with Crippen LogP contribution >= 0.6 is 23.2 Å². The largest absolute Gasteiger partial charge is 0.493 e. The number of benzene rings is 2. The van der Waals surface area contributed by atoms with Crippen LogP contribution in [0.2, 0.25) is 10.0 Å². The van der Waals surface area contributed by atoms with E-state index in [0.717, 1.165) is 12.1 Å². The summed E-state index contributed by atoms with van der Waals surface area (Å²) in [4.78, 5) is 19.1. The van der Waals surface area contributed by atoms with Gasteiger partial charge in [-0.3, -0.25) is 0 Å². The van der Waals surface area contributed by atoms with Gasteiger partial charge in [0.05, 0.1) is 13.7 Å². The molecule has 0 aliphatic carbocycles. The van der Waals surface area contributed by atoms with Crippen LogP contribution in [0.5, 0.6) is 11.5 Å². The number of hydrogen-bond donors (Lipinski definition) is 3. The fourth-order valence-electron chi connectivity index (χ4n) is 2.84. The first-order valence-electron chi connectivity index (χ1n) is 9.52. The van der Waals surface area contributed by atoms with E-state index in [1.165, 1.54) is 0 Å². The van der Waals surface area contributed by atoms with Crippen LogP contribution in [0.3, 0.4) is 0 Å². The molecule has 8 nitrogen and oxygen atoms in total. The van der Waals surface area contributed by atoms with E-state index in [1.807, 2.05) is 24.3 Å². The second-order valence-electron chi connectivity index (χ2n) is 6.51. The molecule has 1 fully saturated rings. The minimum Gasteiger partial charge on any atom is -0.493 e. The molecule has 32 heavy (non-hydrogen) atoms. The third-order valence-electron chi connectivity index (χ3n) is 4.22. The Morgan fingerprint density at radius 1 is 1.09 bits per heavy atom. The van der Waals surface area contributed by atoms with E-state index in [-0.39, 0.29) is 12.2 Å². The van der Waals surface area contributed by atoms with E-state index in [4.69, 9.17) is 47.6 Å². The Labute approximate surface area is 195 Å². The predicted molar refractivity (Wildman–Crippen MR) is 120 cm³/mol. The number of carbonyl (C=O) groups is 2. The van der Waals surface area contributed by atoms with Gasteiger partial charge in [0, 0.05) is 41.4 Å². The molecule has 2 aromatic carbocycles. The lowest BCUT2D eigenvalue weighted by Crippen LogP contribution is -2.43. The maximum atomic E-state index is 9.55. The Balaban J connectivity index is 0.000000390. The van der Waals surface area contributed by atoms with Crippen molar-refractivity contribution in [2.24, 2.45) is 0 Å². The Hall–Kier alpha value is -2.78. The topological polar surface area (TPSA) is 114 Å². The van der Waals surface area contributed by atoms with Crippen molar-refractivity contribution in [3.63, 3.8) is 0 Å². The smallest absolute Gasteiger partial charge is 0.328 e. The zero-order valence-electron chi connectivity index (χ0n) is 17.2. The maximum absolute atomic E-state index is 9.55. The first kappa shape index (κ1) is 25.5. The zero-order valence-corrected chi connectivity index (χ0v) is 18.7. The predicted octanol–water partition coefficient (Wildman–Crippen LogP) is 3.82. The third-order valence-corrected chi connectivity index (χ3v) is 4.69. The van der Waals surface area contributed by atoms with E-state index in [9.17, 15) is 9.59 Å². The quantitative estimate of drug-likeness (QED) is 0.509. The lowest BCUT2D eigenvalue weighted by Gasteiger charge is -2.32. The number of nitrogens with one attached hydrogen (secondary N) is 1. The number of hydrogen-bond acceptors (Lipinski definition) is 6. The van der Waals surface area contributed by atoms with Crippen molar-refractivity contribution in [3.8, 4) is 11.5 Å². The molecule has 2 atom stereocenters. The molecule has 0 spiro atoms. The molecular formula is C22H23Cl2NO7. The van der Waals surface area contributed by atoms with E-state index in [1.54, 1.807) is 25.3 Å². The van der Waals surface area contributed by atoms with Crippen molar-refractivity contribution in [2.45, 2.75) is 12.2 Å². The third kappa shape index (κ3) is 8.39. The normalized spacial score (nSPS) is 16.5. The van der Waals surface area contributed by atoms with Crippen LogP contribution in [0.25, 0.3) is 0 Å². The Kier molecular flexibility index (Phi) is 10.3. The molecule has 1 aliphatic rings. The van der Waals surface area contributed by atoms with Crippen molar-refractivity contribution < 1.29 is 34.0 Å². The standard InChI is InChI=1S/C18H19Cl2NO3.C4H4O4/c1-22-16-10-14(20)5-6-15(16)24-18(17-11-21-7-8-23-17)12-3-2-4-13(19)9-12;5-3(6)1-2-4(7)8/h2-6,9-10,17-18,21H,7-8,11H2,1H3;1-2H,(H,5,6)(H,7,8)/t17-,18-;/m0./s1. The van der Waals surface area contributed by atoms with Crippen LogP contribution in [0.15, 0.2) is 54.6 Å². The summed E-state index contributed by atoms with van der Waals surface area (Å²) in [6.45, 7) is 2.18. The number of carboxylic acids is 2. The Bertz CT molecular complexity index is 930. The Morgan fingerprint density at radius 3 is 2.34 bits per heavy atom. The van der Waals surface area contributed by atoms with Gasteiger partial charge in [0.1, 0.15) is 6.10 Å². The van der Waals surface area contributed by atoms with Gasteiger partial charge in [-0.05, 0) is 29.8 Å². The van der Waals surface area contributed by atoms with E-state index >= 15 is 0 Å². The molecule has 2 aromatic rings. The average molecular weight is 484 g/mol. The molecule has 1 saturated heterocycles. The number of methoxy groups -OCH3 is 1. The van der Waals surface area contributed by atoms with Gasteiger partial charge in [0.15, 0.2) is 17.6 Å².